The summed E-state index contributed by atoms with van der Waals surface area (Å²) in [6, 6.07) is 97.9. The topological polar surface area (TPSA) is 65.5 Å². The maximum atomic E-state index is 6.84. The van der Waals surface area contributed by atoms with Crippen LogP contribution < -0.4 is 46.5 Å². The van der Waals surface area contributed by atoms with Crippen molar-refractivity contribution in [3.05, 3.63) is 360 Å². The zero-order chi connectivity index (χ0) is 96.5. The maximum Gasteiger partial charge on any atom is 0.216 e. The molecule has 0 N–H and O–H groups in total. The average molecular weight is 1820 g/mol. The van der Waals surface area contributed by atoms with Crippen molar-refractivity contribution in [2.45, 2.75) is 239 Å². The molecule has 10 aromatic carbocycles. The Bertz CT molecular complexity index is 7040. The van der Waals surface area contributed by atoms with Crippen molar-refractivity contribution in [1.29, 1.82) is 0 Å². The standard InChI is InChI=1S/C28H32NO.C27H30NO.C25H28NO.C24H26NO.C23H24NO/c1-20-13-14-23-26(30-27(2,3)28(23)16-9-6-10-17-28)25(20)24-19-22(15-18-29(24)4)21-11-7-5-8-12-21;1-19-12-13-22-25(29-26(2,3)27(22)15-8-9-16-27)24(19)23-18-21(14-17-28(23)4)20-10-6-5-7-11-20;1-17-12-13-20-23(27-25(4,5)24(20,2)3)22(17)21-16-19(14-15-26(21)6)18-10-8-7-9-11-18;1-17-10-11-19-12-14-24(2,3)26-23(19)22(17)21-16-20(13-15-25(21)4)18-8-6-5-7-9-18;1-16-10-11-19-15-23(2,3)25-22(19)21(16)20-14-18(12-13-24(20)4)17-8-6-5-7-9-17/h5,7-8,11-15,18-19H,6,9-10,16-17H2,1-4H3;5-7,10-14,17-18H,8-9,15-16H2,1-4H3;7-16H,1-6H3;5-11,13,15-16H,12,14H2,1-4H3;5-14H,15H2,1-4H3/q5*+1. The predicted molar refractivity (Wildman–Crippen MR) is 560 cm³/mol. The van der Waals surface area contributed by atoms with Crippen molar-refractivity contribution < 1.29 is 46.5 Å². The third-order valence-electron chi connectivity index (χ3n) is 31.7. The Morgan fingerprint density at radius 3 is 0.803 bits per heavy atom. The fourth-order valence-corrected chi connectivity index (χ4v) is 22.8. The predicted octanol–water partition coefficient (Wildman–Crippen LogP) is 28.4. The van der Waals surface area contributed by atoms with Crippen LogP contribution in [0.3, 0.4) is 0 Å². The number of fused-ring (bicyclic) bond motifs is 7. The Labute approximate surface area is 815 Å². The van der Waals surface area contributed by atoms with Gasteiger partial charge < -0.3 is 23.7 Å². The van der Waals surface area contributed by atoms with Crippen molar-refractivity contribution in [1.82, 2.24) is 0 Å². The van der Waals surface area contributed by atoms with Gasteiger partial charge in [-0.15, -0.1) is 0 Å². The minimum absolute atomic E-state index is 0.0413. The highest BCUT2D eigenvalue weighted by molar-refractivity contribution is 5.83. The van der Waals surface area contributed by atoms with Crippen LogP contribution in [0.1, 0.15) is 203 Å². The number of rotatable bonds is 10. The van der Waals surface area contributed by atoms with Crippen molar-refractivity contribution in [3.8, 4) is 141 Å². The monoisotopic (exact) mass is 1820 g/mol. The van der Waals surface area contributed by atoms with Crippen LogP contribution in [0, 0.1) is 34.6 Å². The van der Waals surface area contributed by atoms with Crippen LogP contribution in [-0.4, -0.2) is 28.0 Å². The minimum Gasteiger partial charge on any atom is -0.487 e. The molecule has 2 aliphatic carbocycles. The molecule has 2 saturated carbocycles. The van der Waals surface area contributed by atoms with Gasteiger partial charge in [0.15, 0.2) is 31.0 Å². The molecule has 10 heteroatoms. The van der Waals surface area contributed by atoms with Gasteiger partial charge in [0.05, 0.1) is 27.8 Å². The van der Waals surface area contributed by atoms with Crippen LogP contribution in [0.2, 0.25) is 0 Å². The molecule has 2 spiro atoms. The lowest BCUT2D eigenvalue weighted by Crippen LogP contribution is -2.47. The van der Waals surface area contributed by atoms with E-state index in [2.05, 4.69) is 480 Å². The number of aryl methyl sites for hydroxylation is 11. The lowest BCUT2D eigenvalue weighted by Gasteiger charge is -2.43. The molecule has 10 nitrogen and oxygen atoms in total. The van der Waals surface area contributed by atoms with Gasteiger partial charge in [-0.25, -0.2) is 22.8 Å². The fraction of sp³-hybridized carbons (Fsp3) is 0.331. The third kappa shape index (κ3) is 17.9. The zero-order valence-corrected chi connectivity index (χ0v) is 85.1. The van der Waals surface area contributed by atoms with Crippen molar-refractivity contribution >= 4 is 0 Å². The lowest BCUT2D eigenvalue weighted by molar-refractivity contribution is -0.660. The van der Waals surface area contributed by atoms with E-state index < -0.39 is 0 Å². The van der Waals surface area contributed by atoms with Gasteiger partial charge in [-0.1, -0.05) is 258 Å². The van der Waals surface area contributed by atoms with Crippen LogP contribution in [0.15, 0.2) is 304 Å². The molecule has 2 fully saturated rings. The van der Waals surface area contributed by atoms with Gasteiger partial charge in [0.2, 0.25) is 28.5 Å². The molecule has 10 heterocycles. The summed E-state index contributed by atoms with van der Waals surface area (Å²) in [5.41, 5.74) is 36.9. The molecule has 698 valence electrons. The first-order valence-corrected chi connectivity index (χ1v) is 49.9. The van der Waals surface area contributed by atoms with Crippen molar-refractivity contribution in [2.24, 2.45) is 35.2 Å². The van der Waals surface area contributed by atoms with Gasteiger partial charge in [0, 0.05) is 100 Å². The largest absolute Gasteiger partial charge is 0.487 e. The van der Waals surface area contributed by atoms with E-state index in [0.29, 0.717) is 0 Å². The molecule has 22 rings (SSSR count). The molecular weight excluding hydrogens is 1680 g/mol. The smallest absolute Gasteiger partial charge is 0.216 e. The molecule has 15 aromatic rings. The number of hydrogen-bond donors (Lipinski definition) is 0. The van der Waals surface area contributed by atoms with Crippen LogP contribution in [0.4, 0.5) is 0 Å². The normalized spacial score (nSPS) is 16.9. The quantitative estimate of drug-likeness (QED) is 0.128. The molecule has 7 aliphatic rings. The molecule has 0 saturated heterocycles. The third-order valence-corrected chi connectivity index (χ3v) is 31.7. The summed E-state index contributed by atoms with van der Waals surface area (Å²) in [7, 11) is 10.6. The molecule has 0 atom stereocenters. The van der Waals surface area contributed by atoms with Gasteiger partial charge in [-0.2, -0.15) is 0 Å². The van der Waals surface area contributed by atoms with E-state index >= 15 is 0 Å². The van der Waals surface area contributed by atoms with E-state index in [4.69, 9.17) is 23.7 Å². The summed E-state index contributed by atoms with van der Waals surface area (Å²) in [5.74, 6) is 5.36. The van der Waals surface area contributed by atoms with Crippen LogP contribution in [-0.2, 0) is 64.3 Å². The van der Waals surface area contributed by atoms with Gasteiger partial charge in [-0.05, 0) is 237 Å². The Kier molecular flexibility index (Phi) is 25.6. The number of nitrogens with zero attached hydrogens (tertiary/aromatic N) is 5. The molecule has 5 aromatic heterocycles. The first kappa shape index (κ1) is 94.3. The second-order valence-electron chi connectivity index (χ2n) is 43.1. The van der Waals surface area contributed by atoms with E-state index in [1.165, 1.54) is 225 Å². The first-order valence-electron chi connectivity index (χ1n) is 49.9. The fourth-order valence-electron chi connectivity index (χ4n) is 22.8. The molecule has 137 heavy (non-hydrogen) atoms. The maximum absolute atomic E-state index is 6.84. The molecule has 0 bridgehead atoms. The van der Waals surface area contributed by atoms with Gasteiger partial charge in [0.1, 0.15) is 92.0 Å². The van der Waals surface area contributed by atoms with E-state index in [-0.39, 0.29) is 44.3 Å². The van der Waals surface area contributed by atoms with Gasteiger partial charge >= 0.3 is 0 Å². The Hall–Kier alpha value is -13.1. The number of hydrogen-bond acceptors (Lipinski definition) is 5. The van der Waals surface area contributed by atoms with E-state index in [0.717, 1.165) is 48.0 Å². The summed E-state index contributed by atoms with van der Waals surface area (Å²) in [6.45, 7) is 37.7. The second kappa shape index (κ2) is 37.1. The molecule has 0 radical (unpaired) electrons. The highest BCUT2D eigenvalue weighted by atomic mass is 16.5. The summed E-state index contributed by atoms with van der Waals surface area (Å²) in [6.07, 6.45) is 25.3. The summed E-state index contributed by atoms with van der Waals surface area (Å²) in [5, 5.41) is 0. The second-order valence-corrected chi connectivity index (χ2v) is 43.1. The molecular formula is C127H140N5O5+5. The van der Waals surface area contributed by atoms with E-state index in [1.54, 1.807) is 0 Å². The average Bonchev–Trinajstić information content (AvgIpc) is 1.55. The van der Waals surface area contributed by atoms with Crippen LogP contribution in [0.25, 0.3) is 112 Å². The van der Waals surface area contributed by atoms with Crippen LogP contribution in [0.5, 0.6) is 28.7 Å². The summed E-state index contributed by atoms with van der Waals surface area (Å²) < 4.78 is 44.0. The summed E-state index contributed by atoms with van der Waals surface area (Å²) in [4.78, 5) is 0. The molecule has 0 unspecified atom stereocenters. The summed E-state index contributed by atoms with van der Waals surface area (Å²) >= 11 is 0. The van der Waals surface area contributed by atoms with Gasteiger partial charge in [-0.3, -0.25) is 0 Å². The van der Waals surface area contributed by atoms with Crippen molar-refractivity contribution in [2.75, 3.05) is 0 Å². The number of aromatic nitrogens is 5. The Balaban J connectivity index is 0.000000114. The first-order chi connectivity index (χ1) is 65.5. The molecule has 5 aliphatic heterocycles. The van der Waals surface area contributed by atoms with E-state index in [1.807, 2.05) is 0 Å². The van der Waals surface area contributed by atoms with Gasteiger partial charge in [0.25, 0.3) is 0 Å². The zero-order valence-electron chi connectivity index (χ0n) is 85.1. The number of ether oxygens (including phenoxy) is 5. The Morgan fingerprint density at radius 1 is 0.226 bits per heavy atom. The van der Waals surface area contributed by atoms with E-state index in [9.17, 15) is 0 Å². The van der Waals surface area contributed by atoms with Crippen LogP contribution >= 0.6 is 0 Å². The molecule has 0 amide bonds. The SMILES string of the molecule is Cc1ccc2c(c1-c1cc(-c3ccccc3)cc[n+]1C)OC(C)(C)C2.Cc1ccc2c(c1-c1cc(-c3ccccc3)cc[n+]1C)OC(C)(C)C2(C)C.Cc1ccc2c(c1-c1cc(-c3ccccc3)cc[n+]1C)OC(C)(C)C21CCCC1.Cc1ccc2c(c1-c1cc(-c3ccccc3)cc[n+]1C)OC(C)(C)C21CCCCC1.Cc1ccc2c(c1-c1cc(-c3ccccc3)cc[n+]1C)OC(C)(C)CC2. The Morgan fingerprint density at radius 2 is 0.482 bits per heavy atom. The number of pyridine rings is 5. The highest BCUT2D eigenvalue weighted by Gasteiger charge is 2.58. The number of benzene rings is 10. The minimum atomic E-state index is -0.243. The van der Waals surface area contributed by atoms with Crippen molar-refractivity contribution in [3.63, 3.8) is 0 Å². The lowest BCUT2D eigenvalue weighted by atomic mass is 9.62. The highest BCUT2D eigenvalue weighted by Crippen LogP contribution is 2.62.